The Morgan fingerprint density at radius 2 is 1.50 bits per heavy atom. The van der Waals surface area contributed by atoms with Gasteiger partial charge in [-0.25, -0.2) is 0 Å². The van der Waals surface area contributed by atoms with Crippen molar-refractivity contribution in [1.82, 2.24) is 10.3 Å². The Labute approximate surface area is 99.3 Å². The Hall–Kier alpha value is -0.0231. The van der Waals surface area contributed by atoms with Crippen LogP contribution in [0.3, 0.4) is 0 Å². The summed E-state index contributed by atoms with van der Waals surface area (Å²) in [6.45, 7) is 3.46. The number of nitrogens with two attached hydrogens (primary N) is 1. The minimum absolute atomic E-state index is 0.734. The number of nitrogens with one attached hydrogen (secondary N) is 2. The molecule has 0 saturated carbocycles. The van der Waals surface area contributed by atoms with Crippen LogP contribution in [0.5, 0.6) is 0 Å². The summed E-state index contributed by atoms with van der Waals surface area (Å²) in [7, 11) is 2.18. The van der Waals surface area contributed by atoms with Crippen molar-refractivity contribution in [3.8, 4) is 0 Å². The van der Waals surface area contributed by atoms with Gasteiger partial charge in [-0.3, -0.25) is 4.98 Å². The zero-order valence-corrected chi connectivity index (χ0v) is 11.5. The summed E-state index contributed by atoms with van der Waals surface area (Å²) in [6.07, 6.45) is 2.01. The maximum absolute atomic E-state index is 5.38. The molecular formula is C9H25N3O3Si. The average molecular weight is 251 g/mol. The molecule has 0 spiro atoms. The van der Waals surface area contributed by atoms with Gasteiger partial charge in [-0.15, -0.1) is 0 Å². The molecule has 6 nitrogen and oxygen atoms in total. The Bertz CT molecular complexity index is 151. The summed E-state index contributed by atoms with van der Waals surface area (Å²) in [5.41, 5.74) is 5.38. The van der Waals surface area contributed by atoms with Crippen LogP contribution in [0.1, 0.15) is 12.8 Å². The van der Waals surface area contributed by atoms with Crippen LogP contribution in [0, 0.1) is 0 Å². The van der Waals surface area contributed by atoms with E-state index >= 15 is 0 Å². The predicted octanol–water partition coefficient (Wildman–Crippen LogP) is -0.721. The third-order valence-corrected chi connectivity index (χ3v) is 4.53. The fraction of sp³-hybridized carbons (Fsp3) is 1.00. The molecule has 0 unspecified atom stereocenters. The minimum Gasteiger partial charge on any atom is -0.364 e. The van der Waals surface area contributed by atoms with Gasteiger partial charge in [-0.05, 0) is 39.0 Å². The maximum Gasteiger partial charge on any atom is 0.595 e. The third kappa shape index (κ3) is 6.54. The summed E-state index contributed by atoms with van der Waals surface area (Å²) in [6, 6.07) is 0. The van der Waals surface area contributed by atoms with Crippen LogP contribution in [0.4, 0.5) is 0 Å². The highest BCUT2D eigenvalue weighted by molar-refractivity contribution is 6.57. The van der Waals surface area contributed by atoms with E-state index in [2.05, 4.69) is 10.3 Å². The molecule has 0 aromatic heterocycles. The van der Waals surface area contributed by atoms with Crippen LogP contribution in [-0.4, -0.2) is 56.5 Å². The van der Waals surface area contributed by atoms with Gasteiger partial charge in [-0.2, -0.15) is 0 Å². The molecule has 0 aromatic rings. The molecule has 0 radical (unpaired) electrons. The van der Waals surface area contributed by atoms with E-state index < -0.39 is 8.97 Å². The van der Waals surface area contributed by atoms with E-state index in [9.17, 15) is 0 Å². The van der Waals surface area contributed by atoms with Gasteiger partial charge in [0.05, 0.1) is 0 Å². The SMILES string of the molecule is CO[Si](NCCCNCCCN)(OC)OC. The van der Waals surface area contributed by atoms with Crippen LogP contribution in [0.2, 0.25) is 0 Å². The molecule has 0 fully saturated rings. The first-order valence-corrected chi connectivity index (χ1v) is 7.28. The largest absolute Gasteiger partial charge is 0.595 e. The lowest BCUT2D eigenvalue weighted by Gasteiger charge is -2.24. The first kappa shape index (κ1) is 16.0. The molecule has 7 heteroatoms. The Kier molecular flexibility index (Phi) is 10.1. The molecule has 0 atom stereocenters. The van der Waals surface area contributed by atoms with Crippen molar-refractivity contribution < 1.29 is 13.3 Å². The van der Waals surface area contributed by atoms with Gasteiger partial charge in [0.1, 0.15) is 0 Å². The predicted molar refractivity (Wildman–Crippen MR) is 65.9 cm³/mol. The van der Waals surface area contributed by atoms with Crippen molar-refractivity contribution in [1.29, 1.82) is 0 Å². The Morgan fingerprint density at radius 3 is 2.00 bits per heavy atom. The molecule has 16 heavy (non-hydrogen) atoms. The summed E-state index contributed by atoms with van der Waals surface area (Å²) in [5.74, 6) is 0. The molecule has 4 N–H and O–H groups in total. The Balaban J connectivity index is 3.48. The van der Waals surface area contributed by atoms with Crippen molar-refractivity contribution >= 4 is 8.97 Å². The van der Waals surface area contributed by atoms with Gasteiger partial charge < -0.3 is 24.3 Å². The van der Waals surface area contributed by atoms with Gasteiger partial charge in [-0.1, -0.05) is 0 Å². The van der Waals surface area contributed by atoms with E-state index in [1.54, 1.807) is 21.3 Å². The van der Waals surface area contributed by atoms with Gasteiger partial charge in [0.15, 0.2) is 0 Å². The molecule has 0 aliphatic rings. The lowest BCUT2D eigenvalue weighted by atomic mass is 10.4. The molecule has 98 valence electrons. The second-order valence-electron chi connectivity index (χ2n) is 3.34. The van der Waals surface area contributed by atoms with Gasteiger partial charge in [0, 0.05) is 21.3 Å². The van der Waals surface area contributed by atoms with Crippen LogP contribution >= 0.6 is 0 Å². The molecule has 0 aromatic carbocycles. The summed E-state index contributed by atoms with van der Waals surface area (Å²) >= 11 is 0. The second-order valence-corrected chi connectivity index (χ2v) is 6.03. The van der Waals surface area contributed by atoms with E-state index in [-0.39, 0.29) is 0 Å². The fourth-order valence-corrected chi connectivity index (χ4v) is 2.69. The normalized spacial score (nSPS) is 12.0. The van der Waals surface area contributed by atoms with Crippen molar-refractivity contribution in [3.05, 3.63) is 0 Å². The van der Waals surface area contributed by atoms with E-state index in [0.717, 1.165) is 39.0 Å². The molecule has 0 amide bonds. The fourth-order valence-electron chi connectivity index (χ4n) is 1.27. The van der Waals surface area contributed by atoms with Gasteiger partial charge in [0.25, 0.3) is 0 Å². The third-order valence-electron chi connectivity index (χ3n) is 2.24. The van der Waals surface area contributed by atoms with E-state index in [4.69, 9.17) is 19.0 Å². The number of hydrogen-bond acceptors (Lipinski definition) is 6. The van der Waals surface area contributed by atoms with Gasteiger partial charge >= 0.3 is 8.97 Å². The average Bonchev–Trinajstić information content (AvgIpc) is 2.34. The molecule has 0 bridgehead atoms. The van der Waals surface area contributed by atoms with Crippen molar-refractivity contribution in [3.63, 3.8) is 0 Å². The molecule has 0 saturated heterocycles. The van der Waals surface area contributed by atoms with Crippen LogP contribution in [-0.2, 0) is 13.3 Å². The minimum atomic E-state index is -2.59. The second kappa shape index (κ2) is 10.2. The zero-order chi connectivity index (χ0) is 12.3. The molecule has 0 aliphatic heterocycles. The van der Waals surface area contributed by atoms with Crippen LogP contribution in [0.15, 0.2) is 0 Å². The summed E-state index contributed by atoms with van der Waals surface area (Å²) < 4.78 is 15.7. The number of rotatable bonds is 11. The van der Waals surface area contributed by atoms with Crippen LogP contribution in [0.25, 0.3) is 0 Å². The van der Waals surface area contributed by atoms with E-state index in [1.807, 2.05) is 0 Å². The van der Waals surface area contributed by atoms with Crippen LogP contribution < -0.4 is 16.0 Å². The first-order chi connectivity index (χ1) is 7.74. The zero-order valence-electron chi connectivity index (χ0n) is 10.5. The van der Waals surface area contributed by atoms with Crippen molar-refractivity contribution in [2.24, 2.45) is 5.73 Å². The number of hydrogen-bond donors (Lipinski definition) is 3. The summed E-state index contributed by atoms with van der Waals surface area (Å²) in [4.78, 5) is 3.18. The maximum atomic E-state index is 5.38. The highest BCUT2D eigenvalue weighted by Crippen LogP contribution is 2.00. The quantitative estimate of drug-likeness (QED) is 0.332. The van der Waals surface area contributed by atoms with Gasteiger partial charge in [0.2, 0.25) is 0 Å². The van der Waals surface area contributed by atoms with E-state index in [1.165, 1.54) is 0 Å². The molecule has 0 aliphatic carbocycles. The first-order valence-electron chi connectivity index (χ1n) is 5.56. The van der Waals surface area contributed by atoms with Crippen molar-refractivity contribution in [2.45, 2.75) is 12.8 Å². The lowest BCUT2D eigenvalue weighted by molar-refractivity contribution is 0.110. The molecule has 0 heterocycles. The standard InChI is InChI=1S/C9H25N3O3Si/c1-13-16(14-2,15-3)12-9-5-8-11-7-4-6-10/h11-12H,4-10H2,1-3H3. The lowest BCUT2D eigenvalue weighted by Crippen LogP contribution is -2.57. The highest BCUT2D eigenvalue weighted by Gasteiger charge is 2.38. The molecule has 0 rings (SSSR count). The van der Waals surface area contributed by atoms with Crippen molar-refractivity contribution in [2.75, 3.05) is 47.5 Å². The summed E-state index contributed by atoms with van der Waals surface area (Å²) in [5, 5.41) is 3.30. The topological polar surface area (TPSA) is 77.8 Å². The molecular weight excluding hydrogens is 226 g/mol. The highest BCUT2D eigenvalue weighted by atomic mass is 28.4. The Morgan fingerprint density at radius 1 is 0.938 bits per heavy atom. The monoisotopic (exact) mass is 251 g/mol. The smallest absolute Gasteiger partial charge is 0.364 e. The van der Waals surface area contributed by atoms with E-state index in [0.29, 0.717) is 0 Å².